The third-order valence-corrected chi connectivity index (χ3v) is 2.93. The van der Waals surface area contributed by atoms with Crippen LogP contribution in [-0.2, 0) is 4.74 Å². The summed E-state index contributed by atoms with van der Waals surface area (Å²) < 4.78 is 5.32. The summed E-state index contributed by atoms with van der Waals surface area (Å²) in [6, 6.07) is 7.73. The lowest BCUT2D eigenvalue weighted by Gasteiger charge is -2.30. The number of hydrogen-bond donors (Lipinski definition) is 1. The van der Waals surface area contributed by atoms with E-state index in [1.54, 1.807) is 0 Å². The highest BCUT2D eigenvalue weighted by atomic mass is 16.5. The topological polar surface area (TPSA) is 55.6 Å². The number of carbonyl (C=O) groups is 1. The molecule has 17 heavy (non-hydrogen) atoms. The van der Waals surface area contributed by atoms with Crippen molar-refractivity contribution in [1.29, 1.82) is 0 Å². The van der Waals surface area contributed by atoms with Crippen LogP contribution in [-0.4, -0.2) is 38.6 Å². The molecular formula is C13H18N2O2. The van der Waals surface area contributed by atoms with Crippen molar-refractivity contribution >= 4 is 11.5 Å². The molecular weight excluding hydrogens is 216 g/mol. The van der Waals surface area contributed by atoms with Gasteiger partial charge in [-0.15, -0.1) is 0 Å². The predicted octanol–water partition coefficient (Wildman–Crippen LogP) is 1.05. The molecule has 2 rings (SSSR count). The zero-order valence-corrected chi connectivity index (χ0v) is 9.89. The molecule has 0 amide bonds. The first kappa shape index (κ1) is 12.1. The second-order valence-electron chi connectivity index (χ2n) is 4.08. The molecule has 4 heteroatoms. The van der Waals surface area contributed by atoms with Gasteiger partial charge in [-0.25, -0.2) is 0 Å². The first-order valence-electron chi connectivity index (χ1n) is 5.98. The van der Waals surface area contributed by atoms with Crippen molar-refractivity contribution in [3.8, 4) is 0 Å². The molecule has 1 aliphatic heterocycles. The van der Waals surface area contributed by atoms with E-state index in [9.17, 15) is 4.79 Å². The third kappa shape index (κ3) is 2.84. The van der Waals surface area contributed by atoms with E-state index in [2.05, 4.69) is 4.90 Å². The monoisotopic (exact) mass is 234 g/mol. The van der Waals surface area contributed by atoms with E-state index < -0.39 is 0 Å². The van der Waals surface area contributed by atoms with Crippen LogP contribution in [0.1, 0.15) is 16.8 Å². The maximum absolute atomic E-state index is 12.0. The summed E-state index contributed by atoms with van der Waals surface area (Å²) in [6.45, 7) is 3.52. The smallest absolute Gasteiger partial charge is 0.166 e. The number of ether oxygens (including phenoxy) is 1. The van der Waals surface area contributed by atoms with Gasteiger partial charge in [-0.2, -0.15) is 0 Å². The van der Waals surface area contributed by atoms with Crippen molar-refractivity contribution < 1.29 is 9.53 Å². The van der Waals surface area contributed by atoms with Gasteiger partial charge in [0, 0.05) is 30.8 Å². The molecule has 0 saturated carbocycles. The van der Waals surface area contributed by atoms with E-state index in [0.717, 1.165) is 37.6 Å². The molecule has 1 saturated heterocycles. The van der Waals surface area contributed by atoms with Crippen LogP contribution >= 0.6 is 0 Å². The van der Waals surface area contributed by atoms with E-state index in [0.29, 0.717) is 13.0 Å². The van der Waals surface area contributed by atoms with Gasteiger partial charge in [-0.05, 0) is 18.7 Å². The number of benzene rings is 1. The Morgan fingerprint density at radius 3 is 2.71 bits per heavy atom. The van der Waals surface area contributed by atoms with Crippen molar-refractivity contribution in [1.82, 2.24) is 0 Å². The fourth-order valence-electron chi connectivity index (χ4n) is 2.06. The van der Waals surface area contributed by atoms with Gasteiger partial charge in [0.05, 0.1) is 13.2 Å². The molecule has 92 valence electrons. The summed E-state index contributed by atoms with van der Waals surface area (Å²) in [6.07, 6.45) is 0.404. The lowest BCUT2D eigenvalue weighted by Crippen LogP contribution is -2.37. The number of anilines is 1. The lowest BCUT2D eigenvalue weighted by molar-refractivity contribution is 0.0983. The number of Topliss-reactive ketones (excluding diaryl/α,β-unsaturated/α-hetero) is 1. The number of rotatable bonds is 4. The summed E-state index contributed by atoms with van der Waals surface area (Å²) in [4.78, 5) is 14.2. The fraction of sp³-hybridized carbons (Fsp3) is 0.462. The Morgan fingerprint density at radius 1 is 1.29 bits per heavy atom. The summed E-state index contributed by atoms with van der Waals surface area (Å²) in [5.41, 5.74) is 7.23. The van der Waals surface area contributed by atoms with Crippen molar-refractivity contribution in [2.75, 3.05) is 37.7 Å². The Labute approximate surface area is 101 Å². The number of carbonyl (C=O) groups excluding carboxylic acids is 1. The minimum absolute atomic E-state index is 0.120. The molecule has 1 heterocycles. The maximum Gasteiger partial charge on any atom is 0.166 e. The molecule has 1 aliphatic rings. The van der Waals surface area contributed by atoms with Crippen LogP contribution < -0.4 is 10.6 Å². The average Bonchev–Trinajstić information content (AvgIpc) is 2.40. The van der Waals surface area contributed by atoms with Gasteiger partial charge in [0.1, 0.15) is 0 Å². The molecule has 0 atom stereocenters. The highest BCUT2D eigenvalue weighted by Gasteiger charge is 2.17. The zero-order chi connectivity index (χ0) is 12.1. The number of para-hydroxylation sites is 1. The van der Waals surface area contributed by atoms with Crippen LogP contribution in [0.15, 0.2) is 24.3 Å². The number of hydrogen-bond acceptors (Lipinski definition) is 4. The standard InChI is InChI=1S/C13H18N2O2/c14-6-5-13(16)11-3-1-2-4-12(11)15-7-9-17-10-8-15/h1-4H,5-10,14H2. The van der Waals surface area contributed by atoms with Gasteiger partial charge in [-0.1, -0.05) is 12.1 Å². The molecule has 0 unspecified atom stereocenters. The minimum atomic E-state index is 0.120. The largest absolute Gasteiger partial charge is 0.378 e. The van der Waals surface area contributed by atoms with Crippen molar-refractivity contribution in [3.05, 3.63) is 29.8 Å². The quantitative estimate of drug-likeness (QED) is 0.791. The van der Waals surface area contributed by atoms with Crippen LogP contribution in [0.4, 0.5) is 5.69 Å². The van der Waals surface area contributed by atoms with Crippen LogP contribution in [0.3, 0.4) is 0 Å². The van der Waals surface area contributed by atoms with Gasteiger partial charge in [-0.3, -0.25) is 4.79 Å². The lowest BCUT2D eigenvalue weighted by atomic mass is 10.0. The molecule has 0 bridgehead atoms. The molecule has 2 N–H and O–H groups in total. The van der Waals surface area contributed by atoms with Gasteiger partial charge >= 0.3 is 0 Å². The summed E-state index contributed by atoms with van der Waals surface area (Å²) in [7, 11) is 0. The predicted molar refractivity (Wildman–Crippen MR) is 67.5 cm³/mol. The fourth-order valence-corrected chi connectivity index (χ4v) is 2.06. The molecule has 0 aromatic heterocycles. The van der Waals surface area contributed by atoms with Crippen LogP contribution in [0.2, 0.25) is 0 Å². The van der Waals surface area contributed by atoms with E-state index >= 15 is 0 Å². The first-order valence-corrected chi connectivity index (χ1v) is 5.98. The van der Waals surface area contributed by atoms with Gasteiger partial charge in [0.25, 0.3) is 0 Å². The number of ketones is 1. The highest BCUT2D eigenvalue weighted by molar-refractivity contribution is 6.01. The third-order valence-electron chi connectivity index (χ3n) is 2.93. The normalized spacial score (nSPS) is 15.9. The van der Waals surface area contributed by atoms with Gasteiger partial charge in [0.2, 0.25) is 0 Å². The SMILES string of the molecule is NCCC(=O)c1ccccc1N1CCOCC1. The van der Waals surface area contributed by atoms with E-state index in [-0.39, 0.29) is 5.78 Å². The second kappa shape index (κ2) is 5.80. The van der Waals surface area contributed by atoms with Crippen molar-refractivity contribution in [3.63, 3.8) is 0 Å². The average molecular weight is 234 g/mol. The number of nitrogens with zero attached hydrogens (tertiary/aromatic N) is 1. The van der Waals surface area contributed by atoms with E-state index in [4.69, 9.17) is 10.5 Å². The van der Waals surface area contributed by atoms with Gasteiger partial charge < -0.3 is 15.4 Å². The molecule has 4 nitrogen and oxygen atoms in total. The van der Waals surface area contributed by atoms with Crippen molar-refractivity contribution in [2.24, 2.45) is 5.73 Å². The summed E-state index contributed by atoms with van der Waals surface area (Å²) in [5.74, 6) is 0.120. The molecule has 1 aromatic rings. The maximum atomic E-state index is 12.0. The Bertz CT molecular complexity index is 387. The summed E-state index contributed by atoms with van der Waals surface area (Å²) in [5, 5.41) is 0. The van der Waals surface area contributed by atoms with Gasteiger partial charge in [0.15, 0.2) is 5.78 Å². The number of morpholine rings is 1. The first-order chi connectivity index (χ1) is 8.33. The molecule has 0 aliphatic carbocycles. The highest BCUT2D eigenvalue weighted by Crippen LogP contribution is 2.22. The van der Waals surface area contributed by atoms with E-state index in [1.165, 1.54) is 0 Å². The molecule has 1 aromatic carbocycles. The summed E-state index contributed by atoms with van der Waals surface area (Å²) >= 11 is 0. The molecule has 0 radical (unpaired) electrons. The Balaban J connectivity index is 2.23. The van der Waals surface area contributed by atoms with Crippen LogP contribution in [0, 0.1) is 0 Å². The van der Waals surface area contributed by atoms with E-state index in [1.807, 2.05) is 24.3 Å². The van der Waals surface area contributed by atoms with Crippen molar-refractivity contribution in [2.45, 2.75) is 6.42 Å². The number of nitrogens with two attached hydrogens (primary N) is 1. The minimum Gasteiger partial charge on any atom is -0.378 e. The Morgan fingerprint density at radius 2 is 2.00 bits per heavy atom. The van der Waals surface area contributed by atoms with Crippen LogP contribution in [0.25, 0.3) is 0 Å². The molecule has 1 fully saturated rings. The second-order valence-corrected chi connectivity index (χ2v) is 4.08. The molecule has 0 spiro atoms. The Hall–Kier alpha value is -1.39. The Kier molecular flexibility index (Phi) is 4.12. The zero-order valence-electron chi connectivity index (χ0n) is 9.89. The van der Waals surface area contributed by atoms with Crippen LogP contribution in [0.5, 0.6) is 0 Å².